The highest BCUT2D eigenvalue weighted by atomic mass is 32.2. The first-order valence-corrected chi connectivity index (χ1v) is 8.41. The number of aryl methyl sites for hydroxylation is 1. The first-order valence-electron chi connectivity index (χ1n) is 6.20. The molecule has 0 bridgehead atoms. The minimum absolute atomic E-state index is 0.351. The third-order valence-electron chi connectivity index (χ3n) is 2.72. The van der Waals surface area contributed by atoms with E-state index in [1.165, 1.54) is 4.88 Å². The van der Waals surface area contributed by atoms with E-state index in [1.54, 1.807) is 11.3 Å². The molecule has 1 atom stereocenters. The maximum atomic E-state index is 5.44. The van der Waals surface area contributed by atoms with Gasteiger partial charge in [0.25, 0.3) is 0 Å². The van der Waals surface area contributed by atoms with Crippen molar-refractivity contribution in [1.82, 2.24) is 9.97 Å². The summed E-state index contributed by atoms with van der Waals surface area (Å²) in [6.07, 6.45) is 3.10. The van der Waals surface area contributed by atoms with E-state index in [2.05, 4.69) is 46.9 Å². The second-order valence-corrected chi connectivity index (χ2v) is 6.35. The van der Waals surface area contributed by atoms with E-state index in [-0.39, 0.29) is 0 Å². The average molecular weight is 297 g/mol. The fourth-order valence-corrected chi connectivity index (χ4v) is 3.40. The molecular formula is C12H19N5S2. The van der Waals surface area contributed by atoms with Crippen LogP contribution in [-0.4, -0.2) is 28.0 Å². The molecule has 2 heterocycles. The van der Waals surface area contributed by atoms with E-state index in [0.29, 0.717) is 12.0 Å². The lowest BCUT2D eigenvalue weighted by atomic mass is 10.3. The Morgan fingerprint density at radius 1 is 1.47 bits per heavy atom. The van der Waals surface area contributed by atoms with Crippen molar-refractivity contribution < 1.29 is 0 Å². The first kappa shape index (κ1) is 14.4. The summed E-state index contributed by atoms with van der Waals surface area (Å²) >= 11 is 3.50. The summed E-state index contributed by atoms with van der Waals surface area (Å²) in [7, 11) is 0. The van der Waals surface area contributed by atoms with Crippen molar-refractivity contribution in [2.24, 2.45) is 5.84 Å². The van der Waals surface area contributed by atoms with Crippen molar-refractivity contribution in [2.45, 2.75) is 26.3 Å². The van der Waals surface area contributed by atoms with Crippen LogP contribution in [0.1, 0.15) is 18.7 Å². The minimum atomic E-state index is 0.351. The molecule has 0 saturated heterocycles. The van der Waals surface area contributed by atoms with Crippen LogP contribution in [0.3, 0.4) is 0 Å². The molecule has 2 aromatic heterocycles. The number of hydrogen-bond acceptors (Lipinski definition) is 7. The lowest BCUT2D eigenvalue weighted by Crippen LogP contribution is -2.20. The van der Waals surface area contributed by atoms with Crippen LogP contribution in [0.25, 0.3) is 10.2 Å². The Bertz CT molecular complexity index is 554. The van der Waals surface area contributed by atoms with Crippen molar-refractivity contribution in [3.8, 4) is 0 Å². The molecule has 0 saturated carbocycles. The molecule has 0 aliphatic carbocycles. The number of hydrazine groups is 1. The van der Waals surface area contributed by atoms with Crippen molar-refractivity contribution in [3.63, 3.8) is 0 Å². The quantitative estimate of drug-likeness (QED) is 0.562. The van der Waals surface area contributed by atoms with Gasteiger partial charge in [0.1, 0.15) is 10.6 Å². The number of anilines is 2. The monoisotopic (exact) mass is 297 g/mol. The maximum absolute atomic E-state index is 5.44. The van der Waals surface area contributed by atoms with Gasteiger partial charge in [0, 0.05) is 16.7 Å². The molecule has 0 aliphatic rings. The Balaban J connectivity index is 2.41. The number of thioether (sulfide) groups is 1. The predicted molar refractivity (Wildman–Crippen MR) is 86.1 cm³/mol. The van der Waals surface area contributed by atoms with Crippen LogP contribution in [0.4, 0.5) is 11.8 Å². The first-order chi connectivity index (χ1) is 9.17. The Labute approximate surface area is 121 Å². The van der Waals surface area contributed by atoms with E-state index < -0.39 is 0 Å². The van der Waals surface area contributed by atoms with Gasteiger partial charge in [-0.2, -0.15) is 16.7 Å². The smallest absolute Gasteiger partial charge is 0.240 e. The molecule has 0 radical (unpaired) electrons. The third kappa shape index (κ3) is 3.29. The molecule has 1 unspecified atom stereocenters. The molecule has 19 heavy (non-hydrogen) atoms. The Morgan fingerprint density at radius 2 is 2.26 bits per heavy atom. The zero-order valence-corrected chi connectivity index (χ0v) is 13.0. The minimum Gasteiger partial charge on any atom is -0.366 e. The second-order valence-electron chi connectivity index (χ2n) is 4.33. The number of nitrogens with two attached hydrogens (primary N) is 1. The molecule has 7 heteroatoms. The standard InChI is InChI=1S/C12H19N5S2/c1-4-8-5-9-10(14-7(2)6-18-3)15-12(17-13)16-11(9)19-8/h5,7H,4,6,13H2,1-3H3,(H2,14,15,16,17). The van der Waals surface area contributed by atoms with Gasteiger partial charge in [0.2, 0.25) is 5.95 Å². The number of hydrogen-bond donors (Lipinski definition) is 3. The van der Waals surface area contributed by atoms with Gasteiger partial charge in [-0.15, -0.1) is 11.3 Å². The Hall–Kier alpha value is -1.05. The molecule has 0 aliphatic heterocycles. The molecule has 0 amide bonds. The van der Waals surface area contributed by atoms with Crippen LogP contribution in [0.15, 0.2) is 6.07 Å². The molecule has 104 valence electrons. The fourth-order valence-electron chi connectivity index (χ4n) is 1.85. The highest BCUT2D eigenvalue weighted by molar-refractivity contribution is 7.98. The number of thiophene rings is 1. The van der Waals surface area contributed by atoms with E-state index in [9.17, 15) is 0 Å². The van der Waals surface area contributed by atoms with Crippen LogP contribution >= 0.6 is 23.1 Å². The van der Waals surface area contributed by atoms with Crippen molar-refractivity contribution in [1.29, 1.82) is 0 Å². The van der Waals surface area contributed by atoms with E-state index >= 15 is 0 Å². The van der Waals surface area contributed by atoms with Gasteiger partial charge >= 0.3 is 0 Å². The molecule has 5 nitrogen and oxygen atoms in total. The van der Waals surface area contributed by atoms with Gasteiger partial charge < -0.3 is 5.32 Å². The van der Waals surface area contributed by atoms with Gasteiger partial charge in [-0.05, 0) is 25.7 Å². The number of aromatic nitrogens is 2. The van der Waals surface area contributed by atoms with Crippen LogP contribution in [0.2, 0.25) is 0 Å². The van der Waals surface area contributed by atoms with Crippen molar-refractivity contribution in [3.05, 3.63) is 10.9 Å². The average Bonchev–Trinajstić information content (AvgIpc) is 2.82. The van der Waals surface area contributed by atoms with Crippen LogP contribution < -0.4 is 16.6 Å². The third-order valence-corrected chi connectivity index (χ3v) is 4.73. The van der Waals surface area contributed by atoms with Gasteiger partial charge in [-0.1, -0.05) is 6.92 Å². The van der Waals surface area contributed by atoms with Crippen LogP contribution in [-0.2, 0) is 6.42 Å². The highest BCUT2D eigenvalue weighted by Gasteiger charge is 2.12. The number of nitrogens with zero attached hydrogens (tertiary/aromatic N) is 2. The van der Waals surface area contributed by atoms with Gasteiger partial charge in [0.05, 0.1) is 5.39 Å². The second kappa shape index (κ2) is 6.40. The summed E-state index contributed by atoms with van der Waals surface area (Å²) in [5.41, 5.74) is 2.53. The maximum Gasteiger partial charge on any atom is 0.240 e. The largest absolute Gasteiger partial charge is 0.366 e. The summed E-state index contributed by atoms with van der Waals surface area (Å²) in [6.45, 7) is 4.29. The normalized spacial score (nSPS) is 12.6. The molecule has 0 fully saturated rings. The van der Waals surface area contributed by atoms with E-state index in [1.807, 2.05) is 11.8 Å². The van der Waals surface area contributed by atoms with Crippen molar-refractivity contribution in [2.75, 3.05) is 22.8 Å². The molecule has 4 N–H and O–H groups in total. The summed E-state index contributed by atoms with van der Waals surface area (Å²) in [4.78, 5) is 11.1. The highest BCUT2D eigenvalue weighted by Crippen LogP contribution is 2.30. The number of rotatable bonds is 6. The SMILES string of the molecule is CCc1cc2c(NC(C)CSC)nc(NN)nc2s1. The molecular weight excluding hydrogens is 278 g/mol. The lowest BCUT2D eigenvalue weighted by molar-refractivity contribution is 0.904. The number of nitrogen functional groups attached to an aromatic ring is 1. The Kier molecular flexibility index (Phi) is 4.84. The van der Waals surface area contributed by atoms with Crippen LogP contribution in [0.5, 0.6) is 0 Å². The zero-order chi connectivity index (χ0) is 13.8. The summed E-state index contributed by atoms with van der Waals surface area (Å²) in [6, 6.07) is 2.51. The topological polar surface area (TPSA) is 75.9 Å². The van der Waals surface area contributed by atoms with Gasteiger partial charge in [-0.3, -0.25) is 5.43 Å². The van der Waals surface area contributed by atoms with E-state index in [4.69, 9.17) is 5.84 Å². The van der Waals surface area contributed by atoms with Gasteiger partial charge in [-0.25, -0.2) is 10.8 Å². The van der Waals surface area contributed by atoms with Crippen LogP contribution in [0, 0.1) is 0 Å². The predicted octanol–water partition coefficient (Wildman–Crippen LogP) is 2.70. The molecule has 2 rings (SSSR count). The molecule has 2 aromatic rings. The molecule has 0 spiro atoms. The summed E-state index contributed by atoms with van der Waals surface area (Å²) in [5.74, 6) is 7.78. The van der Waals surface area contributed by atoms with E-state index in [0.717, 1.165) is 28.2 Å². The number of fused-ring (bicyclic) bond motifs is 1. The molecule has 0 aromatic carbocycles. The van der Waals surface area contributed by atoms with Gasteiger partial charge in [0.15, 0.2) is 0 Å². The Morgan fingerprint density at radius 3 is 2.89 bits per heavy atom. The summed E-state index contributed by atoms with van der Waals surface area (Å²) in [5, 5.41) is 4.51. The lowest BCUT2D eigenvalue weighted by Gasteiger charge is -2.14. The fraction of sp³-hybridized carbons (Fsp3) is 0.500. The zero-order valence-electron chi connectivity index (χ0n) is 11.4. The van der Waals surface area contributed by atoms with Crippen molar-refractivity contribution >= 4 is 45.1 Å². The summed E-state index contributed by atoms with van der Waals surface area (Å²) < 4.78 is 0. The number of nitrogens with one attached hydrogen (secondary N) is 2.